The third kappa shape index (κ3) is 11.2. The molecule has 0 aliphatic heterocycles. The lowest BCUT2D eigenvalue weighted by Gasteiger charge is -2.26. The van der Waals surface area contributed by atoms with Gasteiger partial charge in [-0.3, -0.25) is 4.99 Å². The molecule has 5 heteroatoms. The van der Waals surface area contributed by atoms with Crippen LogP contribution in [0.1, 0.15) is 72.8 Å². The van der Waals surface area contributed by atoms with E-state index in [2.05, 4.69) is 56.3 Å². The molecule has 0 radical (unpaired) electrons. The molecule has 0 unspecified atom stereocenters. The van der Waals surface area contributed by atoms with Gasteiger partial charge in [-0.05, 0) is 50.8 Å². The zero-order chi connectivity index (χ0) is 22.4. The van der Waals surface area contributed by atoms with Crippen LogP contribution in [0.4, 0.5) is 4.39 Å². The normalized spacial score (nSPS) is 12.1. The molecule has 0 aliphatic rings. The third-order valence-corrected chi connectivity index (χ3v) is 4.31. The molecule has 2 N–H and O–H groups in total. The van der Waals surface area contributed by atoms with E-state index in [9.17, 15) is 4.39 Å². The lowest BCUT2D eigenvalue weighted by Crippen LogP contribution is -2.30. The van der Waals surface area contributed by atoms with Crippen LogP contribution in [0.15, 0.2) is 59.0 Å². The van der Waals surface area contributed by atoms with Crippen LogP contribution in [0.5, 0.6) is 0 Å². The molecule has 0 bridgehead atoms. The Hall–Kier alpha value is -2.43. The van der Waals surface area contributed by atoms with Gasteiger partial charge >= 0.3 is 0 Å². The molecular weight excluding hydrogens is 365 g/mol. The molecule has 0 amide bonds. The number of oxime groups is 1. The maximum absolute atomic E-state index is 13.0. The molecule has 1 rings (SSSR count). The molecule has 0 aromatic heterocycles. The first kappa shape index (κ1) is 26.6. The maximum Gasteiger partial charge on any atom is 0.123 e. The van der Waals surface area contributed by atoms with E-state index < -0.39 is 0 Å². The summed E-state index contributed by atoms with van der Waals surface area (Å²) in [5.41, 5.74) is 3.84. The maximum atomic E-state index is 13.0. The molecule has 0 aliphatic carbocycles. The number of benzene rings is 1. The summed E-state index contributed by atoms with van der Waals surface area (Å²) in [4.78, 5) is 4.61. The molecule has 0 saturated carbocycles. The Morgan fingerprint density at radius 3 is 2.17 bits per heavy atom. The average Bonchev–Trinajstić information content (AvgIpc) is 2.67. The molecule has 0 atom stereocenters. The molecule has 162 valence electrons. The highest BCUT2D eigenvalue weighted by Gasteiger charge is 2.22. The minimum atomic E-state index is -0.260. The van der Waals surface area contributed by atoms with Crippen LogP contribution in [-0.4, -0.2) is 23.2 Å². The summed E-state index contributed by atoms with van der Waals surface area (Å²) >= 11 is 0. The highest BCUT2D eigenvalue weighted by Crippen LogP contribution is 2.26. The summed E-state index contributed by atoms with van der Waals surface area (Å²) in [6.45, 7) is 20.9. The van der Waals surface area contributed by atoms with Crippen molar-refractivity contribution >= 4 is 11.4 Å². The van der Waals surface area contributed by atoms with Gasteiger partial charge in [0.05, 0.1) is 5.71 Å². The fraction of sp³-hybridized carbons (Fsp3) is 0.500. The Morgan fingerprint density at radius 2 is 1.66 bits per heavy atom. The molecule has 0 heterocycles. The molecule has 29 heavy (non-hydrogen) atoms. The van der Waals surface area contributed by atoms with Gasteiger partial charge in [0.25, 0.3) is 0 Å². The summed E-state index contributed by atoms with van der Waals surface area (Å²) in [5.74, 6) is -0.260. The van der Waals surface area contributed by atoms with Gasteiger partial charge in [0, 0.05) is 29.1 Å². The highest BCUT2D eigenvalue weighted by molar-refractivity contribution is 5.99. The number of halogens is 1. The number of nitrogens with zero attached hydrogens (tertiary/aromatic N) is 2. The molecule has 4 nitrogen and oxygen atoms in total. The van der Waals surface area contributed by atoms with E-state index in [1.165, 1.54) is 18.6 Å². The van der Waals surface area contributed by atoms with Crippen LogP contribution in [0.3, 0.4) is 0 Å². The lowest BCUT2D eigenvalue weighted by atomic mass is 9.89. The van der Waals surface area contributed by atoms with E-state index in [0.29, 0.717) is 6.54 Å². The summed E-state index contributed by atoms with van der Waals surface area (Å²) in [6, 6.07) is 6.28. The molecule has 1 aromatic carbocycles. The van der Waals surface area contributed by atoms with Crippen molar-refractivity contribution in [2.75, 3.05) is 6.54 Å². The standard InChI is InChI=1S/C21H30FN3O.C3H8/c1-15(8-7-9-16(2)25-26)23-14-21(5,6)18(4)24-17(3)19-10-12-20(22)13-11-19;1-3-2/h10-13,23,26H,1,4,7-9,14H2,2-3,5-6H3;3H2,1-2H3/b24-17?,25-16+;. The van der Waals surface area contributed by atoms with E-state index >= 15 is 0 Å². The van der Waals surface area contributed by atoms with Crippen molar-refractivity contribution in [3.8, 4) is 0 Å². The van der Waals surface area contributed by atoms with Crippen molar-refractivity contribution in [3.05, 3.63) is 60.2 Å². The van der Waals surface area contributed by atoms with E-state index in [-0.39, 0.29) is 11.2 Å². The van der Waals surface area contributed by atoms with Crippen LogP contribution >= 0.6 is 0 Å². The van der Waals surface area contributed by atoms with Gasteiger partial charge in [-0.25, -0.2) is 4.39 Å². The van der Waals surface area contributed by atoms with Gasteiger partial charge in [0.1, 0.15) is 5.82 Å². The Kier molecular flexibility index (Phi) is 12.5. The second kappa shape index (κ2) is 13.7. The van der Waals surface area contributed by atoms with Gasteiger partial charge in [-0.1, -0.05) is 64.6 Å². The Bertz CT molecular complexity index is 703. The predicted molar refractivity (Wildman–Crippen MR) is 123 cm³/mol. The highest BCUT2D eigenvalue weighted by atomic mass is 19.1. The van der Waals surface area contributed by atoms with Crippen molar-refractivity contribution in [1.82, 2.24) is 5.32 Å². The van der Waals surface area contributed by atoms with Crippen molar-refractivity contribution in [2.45, 2.75) is 67.2 Å². The Balaban J connectivity index is 0.00000245. The summed E-state index contributed by atoms with van der Waals surface area (Å²) in [6.07, 6.45) is 3.69. The van der Waals surface area contributed by atoms with Gasteiger partial charge in [-0.2, -0.15) is 0 Å². The fourth-order valence-corrected chi connectivity index (χ4v) is 2.25. The topological polar surface area (TPSA) is 57.0 Å². The number of rotatable bonds is 10. The van der Waals surface area contributed by atoms with Crippen LogP contribution in [0.25, 0.3) is 0 Å². The first-order valence-electron chi connectivity index (χ1n) is 10.2. The molecule has 0 spiro atoms. The minimum absolute atomic E-state index is 0.257. The monoisotopic (exact) mass is 403 g/mol. The SMILES string of the molecule is C=C(CCC/C(C)=N/O)NCC(C)(C)C(=C)N=C(C)c1ccc(F)cc1.CCC. The van der Waals surface area contributed by atoms with E-state index in [4.69, 9.17) is 5.21 Å². The van der Waals surface area contributed by atoms with Gasteiger partial charge in [0.15, 0.2) is 0 Å². The zero-order valence-electron chi connectivity index (χ0n) is 19.0. The second-order valence-electron chi connectivity index (χ2n) is 7.89. The van der Waals surface area contributed by atoms with Gasteiger partial charge < -0.3 is 10.5 Å². The van der Waals surface area contributed by atoms with E-state index in [1.807, 2.05) is 6.92 Å². The van der Waals surface area contributed by atoms with Crippen LogP contribution in [-0.2, 0) is 0 Å². The first-order chi connectivity index (χ1) is 13.6. The smallest absolute Gasteiger partial charge is 0.123 e. The Morgan fingerprint density at radius 1 is 1.10 bits per heavy atom. The van der Waals surface area contributed by atoms with Gasteiger partial charge in [-0.15, -0.1) is 0 Å². The molecule has 0 fully saturated rings. The quantitative estimate of drug-likeness (QED) is 0.259. The number of allylic oxidation sites excluding steroid dienone is 1. The number of hydrogen-bond donors (Lipinski definition) is 2. The molecular formula is C24H38FN3O. The van der Waals surface area contributed by atoms with Crippen molar-refractivity contribution in [1.29, 1.82) is 0 Å². The largest absolute Gasteiger partial charge is 0.411 e. The predicted octanol–water partition coefficient (Wildman–Crippen LogP) is 6.71. The summed E-state index contributed by atoms with van der Waals surface area (Å²) in [5, 5.41) is 15.2. The van der Waals surface area contributed by atoms with Crippen molar-refractivity contribution in [3.63, 3.8) is 0 Å². The number of hydrogen-bond acceptors (Lipinski definition) is 4. The third-order valence-electron chi connectivity index (χ3n) is 4.31. The van der Waals surface area contributed by atoms with Crippen molar-refractivity contribution in [2.24, 2.45) is 15.6 Å². The van der Waals surface area contributed by atoms with Gasteiger partial charge in [0.2, 0.25) is 0 Å². The van der Waals surface area contributed by atoms with Crippen LogP contribution in [0, 0.1) is 11.2 Å². The molecule has 0 saturated heterocycles. The first-order valence-corrected chi connectivity index (χ1v) is 10.2. The second-order valence-corrected chi connectivity index (χ2v) is 7.89. The van der Waals surface area contributed by atoms with Crippen LogP contribution < -0.4 is 5.32 Å². The van der Waals surface area contributed by atoms with E-state index in [0.717, 1.165) is 47.6 Å². The summed E-state index contributed by atoms with van der Waals surface area (Å²) in [7, 11) is 0. The van der Waals surface area contributed by atoms with Crippen LogP contribution in [0.2, 0.25) is 0 Å². The number of nitrogens with one attached hydrogen (secondary N) is 1. The molecule has 1 aromatic rings. The number of aliphatic imine (C=N–C) groups is 1. The lowest BCUT2D eigenvalue weighted by molar-refractivity contribution is 0.317. The summed E-state index contributed by atoms with van der Waals surface area (Å²) < 4.78 is 13.0. The zero-order valence-corrected chi connectivity index (χ0v) is 19.0. The minimum Gasteiger partial charge on any atom is -0.411 e. The van der Waals surface area contributed by atoms with Crippen molar-refractivity contribution < 1.29 is 9.60 Å². The van der Waals surface area contributed by atoms with E-state index in [1.54, 1.807) is 19.1 Å². The fourth-order valence-electron chi connectivity index (χ4n) is 2.25. The average molecular weight is 404 g/mol. The Labute approximate surface area is 176 Å².